The molecule has 1 heterocycles. The summed E-state index contributed by atoms with van der Waals surface area (Å²) >= 11 is 14.3. The second-order valence-corrected chi connectivity index (χ2v) is 8.08. The van der Waals surface area contributed by atoms with E-state index in [-0.39, 0.29) is 17.2 Å². The highest BCUT2D eigenvalue weighted by Gasteiger charge is 2.39. The molecule has 2 rings (SSSR count). The molecular formula is C20H24Cl2N2O4S. The third-order valence-electron chi connectivity index (χ3n) is 4.35. The number of carbonyl (C=O) groups excluding carboxylic acids is 2. The molecule has 0 aromatic heterocycles. The van der Waals surface area contributed by atoms with Crippen molar-refractivity contribution >= 4 is 46.9 Å². The zero-order chi connectivity index (χ0) is 21.6. The van der Waals surface area contributed by atoms with Crippen LogP contribution < -0.4 is 11.1 Å². The minimum absolute atomic E-state index is 0.192. The van der Waals surface area contributed by atoms with Crippen molar-refractivity contribution < 1.29 is 19.1 Å². The number of rotatable bonds is 8. The van der Waals surface area contributed by atoms with Gasteiger partial charge in [-0.15, -0.1) is 0 Å². The number of ether oxygens (including phenoxy) is 2. The fourth-order valence-corrected chi connectivity index (χ4v) is 4.31. The van der Waals surface area contributed by atoms with E-state index in [1.807, 2.05) is 0 Å². The first-order chi connectivity index (χ1) is 13.9. The van der Waals surface area contributed by atoms with Crippen molar-refractivity contribution in [3.05, 3.63) is 56.3 Å². The number of allylic oxidation sites excluding steroid dienone is 1. The van der Waals surface area contributed by atoms with E-state index in [2.05, 4.69) is 5.32 Å². The first-order valence-corrected chi connectivity index (χ1v) is 11.0. The Balaban J connectivity index is 2.72. The standard InChI is InChI=1S/C20H24Cl2N2O4S/c1-4-28-20(26)17-14(10-29-9-8-23)24-11(2)15(19(25)27-3)16(17)12-6-5-7-13(21)18(12)22/h5-7,16,24H,4,8-10,23H2,1-3H3. The van der Waals surface area contributed by atoms with Crippen LogP contribution >= 0.6 is 35.0 Å². The van der Waals surface area contributed by atoms with Crippen LogP contribution in [-0.4, -0.2) is 43.7 Å². The van der Waals surface area contributed by atoms with Crippen molar-refractivity contribution in [1.82, 2.24) is 5.32 Å². The van der Waals surface area contributed by atoms with Gasteiger partial charge in [0.25, 0.3) is 0 Å². The molecule has 1 unspecified atom stereocenters. The number of nitrogens with one attached hydrogen (secondary N) is 1. The summed E-state index contributed by atoms with van der Waals surface area (Å²) in [4.78, 5) is 25.6. The monoisotopic (exact) mass is 458 g/mol. The summed E-state index contributed by atoms with van der Waals surface area (Å²) in [7, 11) is 1.29. The van der Waals surface area contributed by atoms with Gasteiger partial charge in [0.05, 0.1) is 40.8 Å². The molecule has 6 nitrogen and oxygen atoms in total. The first kappa shape index (κ1) is 23.6. The van der Waals surface area contributed by atoms with Gasteiger partial charge in [0.2, 0.25) is 0 Å². The lowest BCUT2D eigenvalue weighted by Gasteiger charge is -2.32. The number of nitrogens with two attached hydrogens (primary N) is 1. The van der Waals surface area contributed by atoms with Crippen LogP contribution in [0.2, 0.25) is 10.0 Å². The van der Waals surface area contributed by atoms with Crippen molar-refractivity contribution in [1.29, 1.82) is 0 Å². The molecule has 0 spiro atoms. The van der Waals surface area contributed by atoms with Gasteiger partial charge in [-0.3, -0.25) is 0 Å². The zero-order valence-electron chi connectivity index (χ0n) is 16.5. The molecule has 9 heteroatoms. The number of dihydropyridines is 1. The van der Waals surface area contributed by atoms with Gasteiger partial charge >= 0.3 is 11.9 Å². The summed E-state index contributed by atoms with van der Waals surface area (Å²) in [6, 6.07) is 5.11. The summed E-state index contributed by atoms with van der Waals surface area (Å²) < 4.78 is 10.3. The molecule has 1 aromatic carbocycles. The van der Waals surface area contributed by atoms with Crippen LogP contribution in [0.1, 0.15) is 25.3 Å². The Kier molecular flexibility index (Phi) is 8.89. The van der Waals surface area contributed by atoms with E-state index in [0.717, 1.165) is 5.75 Å². The molecule has 0 saturated heterocycles. The maximum Gasteiger partial charge on any atom is 0.336 e. The number of esters is 2. The lowest BCUT2D eigenvalue weighted by molar-refractivity contribution is -0.139. The fraction of sp³-hybridized carbons (Fsp3) is 0.400. The number of hydrogen-bond donors (Lipinski definition) is 2. The molecule has 1 aliphatic rings. The fourth-order valence-electron chi connectivity index (χ4n) is 3.15. The maximum absolute atomic E-state index is 13.0. The topological polar surface area (TPSA) is 90.6 Å². The minimum atomic E-state index is -0.776. The molecule has 1 aliphatic heterocycles. The van der Waals surface area contributed by atoms with Gasteiger partial charge in [0, 0.05) is 29.4 Å². The number of halogens is 2. The summed E-state index contributed by atoms with van der Waals surface area (Å²) in [5.41, 5.74) is 7.95. The van der Waals surface area contributed by atoms with E-state index in [1.54, 1.807) is 43.8 Å². The molecular weight excluding hydrogens is 435 g/mol. The largest absolute Gasteiger partial charge is 0.466 e. The third-order valence-corrected chi connectivity index (χ3v) is 6.20. The predicted molar refractivity (Wildman–Crippen MR) is 117 cm³/mol. The average Bonchev–Trinajstić information content (AvgIpc) is 2.69. The van der Waals surface area contributed by atoms with Crippen molar-refractivity contribution in [2.45, 2.75) is 19.8 Å². The minimum Gasteiger partial charge on any atom is -0.466 e. The van der Waals surface area contributed by atoms with Crippen LogP contribution in [0, 0.1) is 0 Å². The molecule has 1 aromatic rings. The number of hydrogen-bond acceptors (Lipinski definition) is 7. The number of methoxy groups -OCH3 is 1. The summed E-state index contributed by atoms with van der Waals surface area (Å²) in [6.45, 7) is 4.19. The Labute approximate surface area is 184 Å². The highest BCUT2D eigenvalue weighted by atomic mass is 35.5. The molecule has 0 saturated carbocycles. The van der Waals surface area contributed by atoms with Crippen molar-refractivity contribution in [3.63, 3.8) is 0 Å². The van der Waals surface area contributed by atoms with Gasteiger partial charge in [0.1, 0.15) is 0 Å². The Morgan fingerprint density at radius 1 is 1.24 bits per heavy atom. The molecule has 0 radical (unpaired) electrons. The second-order valence-electron chi connectivity index (χ2n) is 6.19. The van der Waals surface area contributed by atoms with Crippen LogP contribution in [0.15, 0.2) is 40.7 Å². The Morgan fingerprint density at radius 2 is 1.97 bits per heavy atom. The maximum atomic E-state index is 13.0. The number of carbonyl (C=O) groups is 2. The zero-order valence-corrected chi connectivity index (χ0v) is 18.8. The SMILES string of the molecule is CCOC(=O)C1=C(CSCCN)NC(C)=C(C(=O)OC)C1c1cccc(Cl)c1Cl. The van der Waals surface area contributed by atoms with Crippen molar-refractivity contribution in [2.75, 3.05) is 31.8 Å². The van der Waals surface area contributed by atoms with Crippen LogP contribution in [0.4, 0.5) is 0 Å². The van der Waals surface area contributed by atoms with Crippen molar-refractivity contribution in [2.24, 2.45) is 5.73 Å². The molecule has 0 fully saturated rings. The Morgan fingerprint density at radius 3 is 2.59 bits per heavy atom. The molecule has 158 valence electrons. The van der Waals surface area contributed by atoms with E-state index in [0.29, 0.717) is 39.9 Å². The lowest BCUT2D eigenvalue weighted by atomic mass is 9.80. The molecule has 0 aliphatic carbocycles. The third kappa shape index (κ3) is 5.28. The number of thioether (sulfide) groups is 1. The van der Waals surface area contributed by atoms with Gasteiger partial charge in [-0.1, -0.05) is 35.3 Å². The highest BCUT2D eigenvalue weighted by Crippen LogP contribution is 2.43. The second kappa shape index (κ2) is 10.9. The van der Waals surface area contributed by atoms with Crippen molar-refractivity contribution in [3.8, 4) is 0 Å². The van der Waals surface area contributed by atoms with Crippen LogP contribution in [0.5, 0.6) is 0 Å². The first-order valence-electron chi connectivity index (χ1n) is 9.05. The molecule has 0 amide bonds. The van der Waals surface area contributed by atoms with Crippen LogP contribution in [-0.2, 0) is 19.1 Å². The van der Waals surface area contributed by atoms with E-state index < -0.39 is 17.9 Å². The van der Waals surface area contributed by atoms with Gasteiger partial charge in [0.15, 0.2) is 0 Å². The van der Waals surface area contributed by atoms with E-state index in [9.17, 15) is 9.59 Å². The molecule has 29 heavy (non-hydrogen) atoms. The van der Waals surface area contributed by atoms with E-state index in [4.69, 9.17) is 38.4 Å². The molecule has 0 bridgehead atoms. The van der Waals surface area contributed by atoms with Gasteiger partial charge in [-0.25, -0.2) is 9.59 Å². The summed E-state index contributed by atoms with van der Waals surface area (Å²) in [5, 5.41) is 3.78. The van der Waals surface area contributed by atoms with Gasteiger partial charge in [-0.2, -0.15) is 11.8 Å². The average molecular weight is 459 g/mol. The van der Waals surface area contributed by atoms with Crippen LogP contribution in [0.3, 0.4) is 0 Å². The predicted octanol–water partition coefficient (Wildman–Crippen LogP) is 3.64. The van der Waals surface area contributed by atoms with E-state index >= 15 is 0 Å². The van der Waals surface area contributed by atoms with E-state index in [1.165, 1.54) is 7.11 Å². The lowest BCUT2D eigenvalue weighted by Crippen LogP contribution is -2.34. The normalized spacial score (nSPS) is 16.6. The van der Waals surface area contributed by atoms with Crippen LogP contribution in [0.25, 0.3) is 0 Å². The molecule has 3 N–H and O–H groups in total. The Hall–Kier alpha value is -1.67. The smallest absolute Gasteiger partial charge is 0.336 e. The summed E-state index contributed by atoms with van der Waals surface area (Å²) in [5.74, 6) is -0.658. The highest BCUT2D eigenvalue weighted by molar-refractivity contribution is 7.99. The van der Waals surface area contributed by atoms with Gasteiger partial charge < -0.3 is 20.5 Å². The summed E-state index contributed by atoms with van der Waals surface area (Å²) in [6.07, 6.45) is 0. The Bertz CT molecular complexity index is 855. The quantitative estimate of drug-likeness (QED) is 0.453. The molecule has 1 atom stereocenters. The number of benzene rings is 1. The van der Waals surface area contributed by atoms with Gasteiger partial charge in [-0.05, 0) is 25.5 Å².